The topological polar surface area (TPSA) is 25.4 Å². The van der Waals surface area contributed by atoms with Crippen molar-refractivity contribution in [1.29, 1.82) is 0 Å². The number of ether oxygens (including phenoxy) is 1. The van der Waals surface area contributed by atoms with E-state index in [9.17, 15) is 0 Å². The summed E-state index contributed by atoms with van der Waals surface area (Å²) in [6.07, 6.45) is 0. The van der Waals surface area contributed by atoms with E-state index in [4.69, 9.17) is 9.72 Å². The van der Waals surface area contributed by atoms with E-state index in [2.05, 4.69) is 38.0 Å². The van der Waals surface area contributed by atoms with Crippen molar-refractivity contribution >= 4 is 11.3 Å². The quantitative estimate of drug-likeness (QED) is 0.811. The second kappa shape index (κ2) is 5.04. The summed E-state index contributed by atoms with van der Waals surface area (Å²) in [7, 11) is 0. The zero-order valence-corrected chi connectivity index (χ0v) is 12.0. The van der Waals surface area contributed by atoms with Gasteiger partial charge in [-0.1, -0.05) is 20.8 Å². The highest BCUT2D eigenvalue weighted by Crippen LogP contribution is 2.26. The Balaban J connectivity index is 2.01. The number of morpholine rings is 1. The highest BCUT2D eigenvalue weighted by molar-refractivity contribution is 7.09. The molecular weight excluding hydrogens is 232 g/mol. The van der Waals surface area contributed by atoms with E-state index in [-0.39, 0.29) is 5.41 Å². The van der Waals surface area contributed by atoms with Crippen LogP contribution in [-0.2, 0) is 16.7 Å². The second-order valence-electron chi connectivity index (χ2n) is 5.79. The van der Waals surface area contributed by atoms with Crippen molar-refractivity contribution in [1.82, 2.24) is 9.88 Å². The molecule has 1 fully saturated rings. The van der Waals surface area contributed by atoms with Crippen molar-refractivity contribution < 1.29 is 4.74 Å². The molecule has 4 heteroatoms. The smallest absolute Gasteiger partial charge is 0.0982 e. The summed E-state index contributed by atoms with van der Waals surface area (Å²) in [6, 6.07) is 0.503. The molecule has 0 N–H and O–H groups in total. The molecule has 0 amide bonds. The van der Waals surface area contributed by atoms with Gasteiger partial charge in [0.15, 0.2) is 0 Å². The molecule has 0 spiro atoms. The summed E-state index contributed by atoms with van der Waals surface area (Å²) in [5.74, 6) is 0. The first-order chi connectivity index (χ1) is 7.97. The van der Waals surface area contributed by atoms with Gasteiger partial charge in [-0.15, -0.1) is 11.3 Å². The van der Waals surface area contributed by atoms with Crippen molar-refractivity contribution in [2.45, 2.75) is 45.7 Å². The van der Waals surface area contributed by atoms with Crippen LogP contribution in [0.2, 0.25) is 0 Å². The lowest BCUT2D eigenvalue weighted by atomic mass is 9.98. The largest absolute Gasteiger partial charge is 0.379 e. The zero-order valence-electron chi connectivity index (χ0n) is 11.2. The molecule has 0 aromatic carbocycles. The molecule has 3 nitrogen and oxygen atoms in total. The highest BCUT2D eigenvalue weighted by atomic mass is 32.1. The molecule has 1 aromatic rings. The Labute approximate surface area is 108 Å². The van der Waals surface area contributed by atoms with Crippen LogP contribution < -0.4 is 0 Å². The maximum absolute atomic E-state index is 5.45. The van der Waals surface area contributed by atoms with Crippen LogP contribution in [0.25, 0.3) is 0 Å². The lowest BCUT2D eigenvalue weighted by molar-refractivity contribution is -0.00486. The maximum Gasteiger partial charge on any atom is 0.0982 e. The van der Waals surface area contributed by atoms with E-state index in [0.29, 0.717) is 6.04 Å². The van der Waals surface area contributed by atoms with E-state index in [1.54, 1.807) is 11.3 Å². The van der Waals surface area contributed by atoms with Crippen molar-refractivity contribution in [3.63, 3.8) is 0 Å². The molecule has 1 aliphatic rings. The average molecular weight is 254 g/mol. The molecule has 17 heavy (non-hydrogen) atoms. The van der Waals surface area contributed by atoms with Crippen LogP contribution in [0.4, 0.5) is 0 Å². The third kappa shape index (κ3) is 3.27. The third-order valence-corrected chi connectivity index (χ3v) is 4.38. The normalized spacial score (nSPS) is 22.9. The van der Waals surface area contributed by atoms with Crippen LogP contribution in [0.3, 0.4) is 0 Å². The Hall–Kier alpha value is -0.450. The van der Waals surface area contributed by atoms with Crippen LogP contribution in [0, 0.1) is 0 Å². The molecule has 96 valence electrons. The monoisotopic (exact) mass is 254 g/mol. The van der Waals surface area contributed by atoms with Gasteiger partial charge in [-0.3, -0.25) is 4.90 Å². The zero-order chi connectivity index (χ0) is 12.5. The summed E-state index contributed by atoms with van der Waals surface area (Å²) < 4.78 is 5.45. The fourth-order valence-corrected chi connectivity index (χ4v) is 2.83. The molecule has 2 rings (SSSR count). The second-order valence-corrected chi connectivity index (χ2v) is 6.65. The Morgan fingerprint density at radius 3 is 2.88 bits per heavy atom. The molecule has 1 unspecified atom stereocenters. The Morgan fingerprint density at radius 1 is 1.53 bits per heavy atom. The Bertz CT molecular complexity index is 370. The van der Waals surface area contributed by atoms with Gasteiger partial charge in [0.1, 0.15) is 0 Å². The summed E-state index contributed by atoms with van der Waals surface area (Å²) in [6.45, 7) is 12.5. The lowest BCUT2D eigenvalue weighted by Gasteiger charge is -2.32. The molecule has 0 bridgehead atoms. The van der Waals surface area contributed by atoms with E-state index in [0.717, 1.165) is 26.3 Å². The molecule has 1 aromatic heterocycles. The molecule has 0 radical (unpaired) electrons. The fraction of sp³-hybridized carbons (Fsp3) is 0.769. The first-order valence-corrected chi connectivity index (χ1v) is 7.11. The molecular formula is C13H22N2OS. The SMILES string of the molecule is CC1COCCN1Cc1csc(C(C)(C)C)n1. The van der Waals surface area contributed by atoms with Crippen LogP contribution in [0.15, 0.2) is 5.38 Å². The highest BCUT2D eigenvalue weighted by Gasteiger charge is 2.22. The molecule has 1 aliphatic heterocycles. The fourth-order valence-electron chi connectivity index (χ4n) is 1.93. The number of thiazole rings is 1. The van der Waals surface area contributed by atoms with E-state index in [1.165, 1.54) is 10.7 Å². The molecule has 1 atom stereocenters. The number of hydrogen-bond acceptors (Lipinski definition) is 4. The van der Waals surface area contributed by atoms with Gasteiger partial charge < -0.3 is 4.74 Å². The van der Waals surface area contributed by atoms with E-state index < -0.39 is 0 Å². The van der Waals surface area contributed by atoms with E-state index >= 15 is 0 Å². The first kappa shape index (κ1) is 13.0. The number of nitrogens with zero attached hydrogens (tertiary/aromatic N) is 2. The van der Waals surface area contributed by atoms with Gasteiger partial charge >= 0.3 is 0 Å². The summed E-state index contributed by atoms with van der Waals surface area (Å²) in [4.78, 5) is 7.20. The van der Waals surface area contributed by atoms with Gasteiger partial charge in [0.2, 0.25) is 0 Å². The summed E-state index contributed by atoms with van der Waals surface area (Å²) >= 11 is 1.78. The minimum absolute atomic E-state index is 0.166. The van der Waals surface area contributed by atoms with Crippen LogP contribution in [0.1, 0.15) is 38.4 Å². The van der Waals surface area contributed by atoms with E-state index in [1.807, 2.05) is 0 Å². The Kier molecular flexibility index (Phi) is 3.85. The Morgan fingerprint density at radius 2 is 2.29 bits per heavy atom. The van der Waals surface area contributed by atoms with Crippen molar-refractivity contribution in [2.75, 3.05) is 19.8 Å². The summed E-state index contributed by atoms with van der Waals surface area (Å²) in [5.41, 5.74) is 1.37. The molecule has 2 heterocycles. The molecule has 0 saturated carbocycles. The predicted octanol–water partition coefficient (Wildman–Crippen LogP) is 2.66. The number of aromatic nitrogens is 1. The third-order valence-electron chi connectivity index (χ3n) is 3.06. The average Bonchev–Trinajstić information content (AvgIpc) is 2.69. The molecule has 0 aliphatic carbocycles. The van der Waals surface area contributed by atoms with Gasteiger partial charge in [0, 0.05) is 29.9 Å². The van der Waals surface area contributed by atoms with Gasteiger partial charge in [-0.2, -0.15) is 0 Å². The summed E-state index contributed by atoms with van der Waals surface area (Å²) in [5, 5.41) is 3.43. The lowest BCUT2D eigenvalue weighted by Crippen LogP contribution is -2.43. The van der Waals surface area contributed by atoms with Gasteiger partial charge in [-0.05, 0) is 6.92 Å². The first-order valence-electron chi connectivity index (χ1n) is 6.23. The van der Waals surface area contributed by atoms with Gasteiger partial charge in [0.05, 0.1) is 23.9 Å². The van der Waals surface area contributed by atoms with Crippen molar-refractivity contribution in [3.05, 3.63) is 16.1 Å². The predicted molar refractivity (Wildman–Crippen MR) is 71.5 cm³/mol. The van der Waals surface area contributed by atoms with Gasteiger partial charge in [0.25, 0.3) is 0 Å². The van der Waals surface area contributed by atoms with Crippen molar-refractivity contribution in [3.8, 4) is 0 Å². The van der Waals surface area contributed by atoms with Crippen LogP contribution in [0.5, 0.6) is 0 Å². The van der Waals surface area contributed by atoms with Crippen molar-refractivity contribution in [2.24, 2.45) is 0 Å². The number of rotatable bonds is 2. The maximum atomic E-state index is 5.45. The minimum Gasteiger partial charge on any atom is -0.379 e. The minimum atomic E-state index is 0.166. The van der Waals surface area contributed by atoms with Crippen LogP contribution in [-0.4, -0.2) is 35.7 Å². The van der Waals surface area contributed by atoms with Crippen LogP contribution >= 0.6 is 11.3 Å². The van der Waals surface area contributed by atoms with Gasteiger partial charge in [-0.25, -0.2) is 4.98 Å². The number of hydrogen-bond donors (Lipinski definition) is 0. The molecule has 1 saturated heterocycles. The standard InChI is InChI=1S/C13H22N2OS/c1-10-8-16-6-5-15(10)7-11-9-17-12(14-11)13(2,3)4/h9-10H,5-8H2,1-4H3.